The lowest BCUT2D eigenvalue weighted by atomic mass is 10.1. The summed E-state index contributed by atoms with van der Waals surface area (Å²) in [5.41, 5.74) is 7.25. The van der Waals surface area contributed by atoms with E-state index in [0.29, 0.717) is 25.3 Å². The summed E-state index contributed by atoms with van der Waals surface area (Å²) in [6.07, 6.45) is 0.622. The van der Waals surface area contributed by atoms with Crippen molar-refractivity contribution in [2.24, 2.45) is 5.73 Å². The van der Waals surface area contributed by atoms with Crippen LogP contribution in [0.1, 0.15) is 11.1 Å². The summed E-state index contributed by atoms with van der Waals surface area (Å²) in [7, 11) is 1.61. The van der Waals surface area contributed by atoms with E-state index in [9.17, 15) is 4.39 Å². The van der Waals surface area contributed by atoms with Gasteiger partial charge < -0.3 is 15.2 Å². The van der Waals surface area contributed by atoms with Gasteiger partial charge in [0.05, 0.1) is 7.11 Å². The minimum absolute atomic E-state index is 0.319. The second kappa shape index (κ2) is 7.43. The summed E-state index contributed by atoms with van der Waals surface area (Å²) in [5, 5.41) is 0. The molecule has 2 rings (SSSR count). The molecule has 0 aromatic heterocycles. The molecule has 0 fully saturated rings. The fourth-order valence-corrected chi connectivity index (χ4v) is 2.33. The van der Waals surface area contributed by atoms with E-state index in [1.165, 1.54) is 12.1 Å². The Hall–Kier alpha value is -1.59. The van der Waals surface area contributed by atoms with Crippen LogP contribution in [0.3, 0.4) is 0 Å². The van der Waals surface area contributed by atoms with Gasteiger partial charge in [-0.1, -0.05) is 15.9 Å². The monoisotopic (exact) mass is 353 g/mol. The Morgan fingerprint density at radius 3 is 2.67 bits per heavy atom. The van der Waals surface area contributed by atoms with E-state index in [2.05, 4.69) is 15.9 Å². The highest BCUT2D eigenvalue weighted by molar-refractivity contribution is 9.10. The predicted octanol–water partition coefficient (Wildman–Crippen LogP) is 3.68. The van der Waals surface area contributed by atoms with E-state index in [1.807, 2.05) is 24.3 Å². The average molecular weight is 354 g/mol. The molecule has 21 heavy (non-hydrogen) atoms. The van der Waals surface area contributed by atoms with Gasteiger partial charge in [0, 0.05) is 16.1 Å². The molecule has 0 spiro atoms. The highest BCUT2D eigenvalue weighted by Crippen LogP contribution is 2.25. The van der Waals surface area contributed by atoms with E-state index in [-0.39, 0.29) is 5.82 Å². The molecule has 0 radical (unpaired) electrons. The molecule has 0 aliphatic rings. The Morgan fingerprint density at radius 1 is 1.14 bits per heavy atom. The molecule has 0 atom stereocenters. The quantitative estimate of drug-likeness (QED) is 0.861. The maximum absolute atomic E-state index is 13.5. The highest BCUT2D eigenvalue weighted by Gasteiger charge is 2.06. The molecular weight excluding hydrogens is 337 g/mol. The van der Waals surface area contributed by atoms with Crippen molar-refractivity contribution in [3.8, 4) is 11.5 Å². The molecule has 0 saturated carbocycles. The first kappa shape index (κ1) is 15.8. The molecular formula is C16H17BrFNO2. The number of hydrogen-bond acceptors (Lipinski definition) is 3. The maximum atomic E-state index is 13.5. The minimum atomic E-state index is -0.319. The van der Waals surface area contributed by atoms with Crippen LogP contribution in [0.4, 0.5) is 4.39 Å². The standard InChI is InChI=1S/C16H17BrFNO2/c1-20-14-2-3-16(17)12(8-14)10-21-15-7-11(4-5-19)6-13(18)9-15/h2-3,6-9H,4-5,10,19H2,1H3. The maximum Gasteiger partial charge on any atom is 0.127 e. The third kappa shape index (κ3) is 4.44. The number of hydrogen-bond donors (Lipinski definition) is 1. The average Bonchev–Trinajstić information content (AvgIpc) is 2.46. The fourth-order valence-electron chi connectivity index (χ4n) is 1.96. The number of rotatable bonds is 6. The lowest BCUT2D eigenvalue weighted by Crippen LogP contribution is -2.04. The summed E-state index contributed by atoms with van der Waals surface area (Å²) in [6.45, 7) is 0.799. The normalized spacial score (nSPS) is 10.5. The first-order valence-corrected chi connectivity index (χ1v) is 7.36. The third-order valence-corrected chi connectivity index (χ3v) is 3.78. The van der Waals surface area contributed by atoms with E-state index < -0.39 is 0 Å². The first-order chi connectivity index (χ1) is 10.1. The van der Waals surface area contributed by atoms with E-state index >= 15 is 0 Å². The van der Waals surface area contributed by atoms with Crippen LogP contribution in [0.25, 0.3) is 0 Å². The van der Waals surface area contributed by atoms with Gasteiger partial charge in [0.2, 0.25) is 0 Å². The fraction of sp³-hybridized carbons (Fsp3) is 0.250. The Kier molecular flexibility index (Phi) is 5.59. The predicted molar refractivity (Wildman–Crippen MR) is 84.2 cm³/mol. The largest absolute Gasteiger partial charge is 0.497 e. The van der Waals surface area contributed by atoms with Gasteiger partial charge in [-0.2, -0.15) is 0 Å². The van der Waals surface area contributed by atoms with Gasteiger partial charge in [0.1, 0.15) is 23.9 Å². The van der Waals surface area contributed by atoms with Crippen molar-refractivity contribution in [3.05, 3.63) is 57.8 Å². The molecule has 2 N–H and O–H groups in total. The molecule has 0 unspecified atom stereocenters. The van der Waals surface area contributed by atoms with Crippen molar-refractivity contribution >= 4 is 15.9 Å². The molecule has 3 nitrogen and oxygen atoms in total. The zero-order chi connectivity index (χ0) is 15.2. The van der Waals surface area contributed by atoms with Gasteiger partial charge in [0.15, 0.2) is 0 Å². The van der Waals surface area contributed by atoms with Crippen molar-refractivity contribution in [1.29, 1.82) is 0 Å². The summed E-state index contributed by atoms with van der Waals surface area (Å²) in [4.78, 5) is 0. The molecule has 0 saturated heterocycles. The smallest absolute Gasteiger partial charge is 0.127 e. The zero-order valence-electron chi connectivity index (χ0n) is 11.7. The number of ether oxygens (including phenoxy) is 2. The van der Waals surface area contributed by atoms with Crippen molar-refractivity contribution in [2.45, 2.75) is 13.0 Å². The van der Waals surface area contributed by atoms with E-state index in [4.69, 9.17) is 15.2 Å². The zero-order valence-corrected chi connectivity index (χ0v) is 13.3. The molecule has 0 amide bonds. The van der Waals surface area contributed by atoms with Gasteiger partial charge in [-0.05, 0) is 48.9 Å². The van der Waals surface area contributed by atoms with Crippen LogP contribution in [0.2, 0.25) is 0 Å². The van der Waals surface area contributed by atoms with Crippen LogP contribution in [0, 0.1) is 5.82 Å². The lowest BCUT2D eigenvalue weighted by molar-refractivity contribution is 0.302. The SMILES string of the molecule is COc1ccc(Br)c(COc2cc(F)cc(CCN)c2)c1. The Labute approximate surface area is 132 Å². The topological polar surface area (TPSA) is 44.5 Å². The van der Waals surface area contributed by atoms with E-state index in [1.54, 1.807) is 7.11 Å². The Morgan fingerprint density at radius 2 is 1.95 bits per heavy atom. The van der Waals surface area contributed by atoms with Crippen LogP contribution in [-0.4, -0.2) is 13.7 Å². The first-order valence-electron chi connectivity index (χ1n) is 6.57. The second-order valence-corrected chi connectivity index (χ2v) is 5.43. The number of benzene rings is 2. The minimum Gasteiger partial charge on any atom is -0.497 e. The van der Waals surface area contributed by atoms with Crippen molar-refractivity contribution in [2.75, 3.05) is 13.7 Å². The highest BCUT2D eigenvalue weighted by atomic mass is 79.9. The van der Waals surface area contributed by atoms with Crippen LogP contribution in [-0.2, 0) is 13.0 Å². The van der Waals surface area contributed by atoms with Gasteiger partial charge in [-0.3, -0.25) is 0 Å². The molecule has 5 heteroatoms. The molecule has 0 aliphatic heterocycles. The van der Waals surface area contributed by atoms with Gasteiger partial charge in [-0.15, -0.1) is 0 Å². The molecule has 2 aromatic carbocycles. The molecule has 0 heterocycles. The number of nitrogens with two attached hydrogens (primary N) is 1. The van der Waals surface area contributed by atoms with Crippen LogP contribution >= 0.6 is 15.9 Å². The van der Waals surface area contributed by atoms with Crippen LogP contribution < -0.4 is 15.2 Å². The van der Waals surface area contributed by atoms with Crippen LogP contribution in [0.5, 0.6) is 11.5 Å². The Balaban J connectivity index is 2.12. The van der Waals surface area contributed by atoms with E-state index in [0.717, 1.165) is 21.3 Å². The van der Waals surface area contributed by atoms with Gasteiger partial charge in [0.25, 0.3) is 0 Å². The summed E-state index contributed by atoms with van der Waals surface area (Å²) in [5.74, 6) is 0.925. The van der Waals surface area contributed by atoms with Crippen molar-refractivity contribution in [3.63, 3.8) is 0 Å². The van der Waals surface area contributed by atoms with Crippen LogP contribution in [0.15, 0.2) is 40.9 Å². The van der Waals surface area contributed by atoms with Gasteiger partial charge in [-0.25, -0.2) is 4.39 Å². The van der Waals surface area contributed by atoms with Crippen molar-refractivity contribution in [1.82, 2.24) is 0 Å². The lowest BCUT2D eigenvalue weighted by Gasteiger charge is -2.11. The summed E-state index contributed by atoms with van der Waals surface area (Å²) >= 11 is 3.46. The molecule has 112 valence electrons. The number of methoxy groups -OCH3 is 1. The number of halogens is 2. The molecule has 2 aromatic rings. The Bertz CT molecular complexity index is 619. The summed E-state index contributed by atoms with van der Waals surface area (Å²) < 4.78 is 25.3. The second-order valence-electron chi connectivity index (χ2n) is 4.58. The van der Waals surface area contributed by atoms with Crippen molar-refractivity contribution < 1.29 is 13.9 Å². The third-order valence-electron chi connectivity index (χ3n) is 3.01. The van der Waals surface area contributed by atoms with Gasteiger partial charge >= 0.3 is 0 Å². The molecule has 0 aliphatic carbocycles. The summed E-state index contributed by atoms with van der Waals surface area (Å²) in [6, 6.07) is 10.3. The molecule has 0 bridgehead atoms.